The quantitative estimate of drug-likeness (QED) is 0.493. The minimum absolute atomic E-state index is 0. The first-order valence-electron chi connectivity index (χ1n) is 7.12. The minimum Gasteiger partial charge on any atom is -0.356 e. The van der Waals surface area contributed by atoms with E-state index in [2.05, 4.69) is 21.4 Å². The fourth-order valence-corrected chi connectivity index (χ4v) is 2.94. The van der Waals surface area contributed by atoms with Gasteiger partial charge >= 0.3 is 0 Å². The van der Waals surface area contributed by atoms with Crippen LogP contribution in [0.5, 0.6) is 0 Å². The molecular formula is C17H38N2O2S2. The maximum absolute atomic E-state index is 11.2. The molecule has 0 aromatic carbocycles. The van der Waals surface area contributed by atoms with E-state index in [-0.39, 0.29) is 34.1 Å². The van der Waals surface area contributed by atoms with Gasteiger partial charge in [0.05, 0.1) is 0 Å². The Balaban J connectivity index is -0.000000602. The van der Waals surface area contributed by atoms with Crippen LogP contribution in [0.25, 0.3) is 0 Å². The van der Waals surface area contributed by atoms with E-state index < -0.39 is 0 Å². The standard InChI is InChI=1S/C14H26N2O2S2.3CH4/c1-3-15-13(17)7-5-9-19-11-12-20-10-6-8-14(18)16-4-2;;;/h11-12H,3-10H2,1-2H3,(H,15,17)(H,16,18);3*1H4/b12-11-;;;. The fraction of sp³-hybridized carbons (Fsp3) is 0.765. The summed E-state index contributed by atoms with van der Waals surface area (Å²) in [4.78, 5) is 22.4. The zero-order chi connectivity index (χ0) is 15.1. The summed E-state index contributed by atoms with van der Waals surface area (Å²) in [6.07, 6.45) is 3.02. The number of hydrogen-bond donors (Lipinski definition) is 2. The van der Waals surface area contributed by atoms with Crippen molar-refractivity contribution in [3.63, 3.8) is 0 Å². The second-order valence-corrected chi connectivity index (χ2v) is 6.16. The van der Waals surface area contributed by atoms with E-state index in [0.717, 1.165) is 24.3 Å². The van der Waals surface area contributed by atoms with Crippen LogP contribution in [0.1, 0.15) is 61.8 Å². The molecule has 0 saturated carbocycles. The molecule has 2 amide bonds. The van der Waals surface area contributed by atoms with Crippen LogP contribution in [0, 0.1) is 0 Å². The van der Waals surface area contributed by atoms with Gasteiger partial charge in [0.1, 0.15) is 0 Å². The van der Waals surface area contributed by atoms with Crippen molar-refractivity contribution in [2.45, 2.75) is 61.8 Å². The number of thioether (sulfide) groups is 2. The molecule has 4 nitrogen and oxygen atoms in total. The summed E-state index contributed by atoms with van der Waals surface area (Å²) in [6, 6.07) is 0. The highest BCUT2D eigenvalue weighted by molar-refractivity contribution is 8.05. The Bertz CT molecular complexity index is 270. The molecular weight excluding hydrogens is 328 g/mol. The van der Waals surface area contributed by atoms with Gasteiger partial charge in [0.15, 0.2) is 0 Å². The Hall–Kier alpha value is -0.620. The summed E-state index contributed by atoms with van der Waals surface area (Å²) < 4.78 is 0. The van der Waals surface area contributed by atoms with Crippen molar-refractivity contribution in [3.05, 3.63) is 10.8 Å². The molecule has 23 heavy (non-hydrogen) atoms. The molecule has 0 fully saturated rings. The van der Waals surface area contributed by atoms with Crippen LogP contribution in [0.3, 0.4) is 0 Å². The Morgan fingerprint density at radius 1 is 0.783 bits per heavy atom. The lowest BCUT2D eigenvalue weighted by molar-refractivity contribution is -0.121. The lowest BCUT2D eigenvalue weighted by Crippen LogP contribution is -2.22. The molecule has 0 atom stereocenters. The largest absolute Gasteiger partial charge is 0.356 e. The summed E-state index contributed by atoms with van der Waals surface area (Å²) in [5, 5.41) is 9.70. The Morgan fingerprint density at radius 3 is 1.43 bits per heavy atom. The number of nitrogens with one attached hydrogen (secondary N) is 2. The second kappa shape index (κ2) is 23.6. The first-order valence-corrected chi connectivity index (χ1v) is 9.22. The number of amides is 2. The van der Waals surface area contributed by atoms with Crippen LogP contribution in [0.2, 0.25) is 0 Å². The number of rotatable bonds is 12. The van der Waals surface area contributed by atoms with Gasteiger partial charge in [-0.25, -0.2) is 0 Å². The zero-order valence-corrected chi connectivity index (χ0v) is 14.1. The average molecular weight is 367 g/mol. The number of carbonyl (C=O) groups is 2. The summed E-state index contributed by atoms with van der Waals surface area (Å²) >= 11 is 3.45. The van der Waals surface area contributed by atoms with Crippen LogP contribution in [0.15, 0.2) is 10.8 Å². The third-order valence-corrected chi connectivity index (χ3v) is 4.21. The molecule has 2 N–H and O–H groups in total. The zero-order valence-electron chi connectivity index (χ0n) is 12.4. The van der Waals surface area contributed by atoms with E-state index in [4.69, 9.17) is 0 Å². The monoisotopic (exact) mass is 366 g/mol. The molecule has 0 heterocycles. The third kappa shape index (κ3) is 23.8. The van der Waals surface area contributed by atoms with Gasteiger partial charge in [0, 0.05) is 25.9 Å². The minimum atomic E-state index is 0. The van der Waals surface area contributed by atoms with Crippen LogP contribution >= 0.6 is 23.5 Å². The molecule has 0 bridgehead atoms. The summed E-state index contributed by atoms with van der Waals surface area (Å²) in [7, 11) is 0. The van der Waals surface area contributed by atoms with Crippen LogP contribution in [0.4, 0.5) is 0 Å². The molecule has 0 aromatic heterocycles. The van der Waals surface area contributed by atoms with Crippen molar-refractivity contribution in [2.24, 2.45) is 0 Å². The van der Waals surface area contributed by atoms with E-state index in [1.807, 2.05) is 13.8 Å². The topological polar surface area (TPSA) is 58.2 Å². The van der Waals surface area contributed by atoms with Crippen molar-refractivity contribution >= 4 is 35.3 Å². The van der Waals surface area contributed by atoms with Crippen molar-refractivity contribution in [1.82, 2.24) is 10.6 Å². The van der Waals surface area contributed by atoms with Gasteiger partial charge in [0.2, 0.25) is 11.8 Å². The first kappa shape index (κ1) is 30.3. The Labute approximate surface area is 153 Å². The molecule has 0 radical (unpaired) electrons. The Kier molecular flexibility index (Phi) is 31.1. The van der Waals surface area contributed by atoms with E-state index >= 15 is 0 Å². The maximum atomic E-state index is 11.2. The van der Waals surface area contributed by atoms with Crippen LogP contribution in [-0.4, -0.2) is 36.4 Å². The summed E-state index contributed by atoms with van der Waals surface area (Å²) in [6.45, 7) is 5.27. The van der Waals surface area contributed by atoms with Crippen molar-refractivity contribution in [1.29, 1.82) is 0 Å². The average Bonchev–Trinajstić information content (AvgIpc) is 2.41. The highest BCUT2D eigenvalue weighted by Crippen LogP contribution is 2.12. The van der Waals surface area contributed by atoms with Crippen molar-refractivity contribution in [3.8, 4) is 0 Å². The van der Waals surface area contributed by atoms with Gasteiger partial charge < -0.3 is 10.6 Å². The molecule has 140 valence electrons. The van der Waals surface area contributed by atoms with E-state index in [1.165, 1.54) is 0 Å². The van der Waals surface area contributed by atoms with E-state index in [1.54, 1.807) is 23.5 Å². The van der Waals surface area contributed by atoms with Crippen LogP contribution in [-0.2, 0) is 9.59 Å². The normalized spacial score (nSPS) is 9.30. The van der Waals surface area contributed by atoms with Crippen molar-refractivity contribution in [2.75, 3.05) is 24.6 Å². The molecule has 0 aliphatic heterocycles. The predicted octanol–water partition coefficient (Wildman–Crippen LogP) is 4.66. The highest BCUT2D eigenvalue weighted by Gasteiger charge is 1.98. The first-order chi connectivity index (χ1) is 9.70. The molecule has 0 spiro atoms. The molecule has 0 aromatic rings. The Morgan fingerprint density at radius 2 is 1.13 bits per heavy atom. The SMILES string of the molecule is C.C.C.CCNC(=O)CCCS/C=C\SCCCC(=O)NCC. The van der Waals surface area contributed by atoms with Gasteiger partial charge in [0.25, 0.3) is 0 Å². The summed E-state index contributed by atoms with van der Waals surface area (Å²) in [5.41, 5.74) is 0. The number of carbonyl (C=O) groups excluding carboxylic acids is 2. The summed E-state index contributed by atoms with van der Waals surface area (Å²) in [5.74, 6) is 2.20. The van der Waals surface area contributed by atoms with Gasteiger partial charge in [-0.2, -0.15) is 0 Å². The van der Waals surface area contributed by atoms with Crippen molar-refractivity contribution < 1.29 is 9.59 Å². The van der Waals surface area contributed by atoms with Gasteiger partial charge in [-0.1, -0.05) is 22.3 Å². The predicted molar refractivity (Wildman–Crippen MR) is 110 cm³/mol. The highest BCUT2D eigenvalue weighted by atomic mass is 32.2. The number of hydrogen-bond acceptors (Lipinski definition) is 4. The lowest BCUT2D eigenvalue weighted by atomic mass is 10.3. The maximum Gasteiger partial charge on any atom is 0.220 e. The molecule has 0 saturated heterocycles. The smallest absolute Gasteiger partial charge is 0.220 e. The van der Waals surface area contributed by atoms with E-state index in [9.17, 15) is 9.59 Å². The molecule has 0 aliphatic carbocycles. The van der Waals surface area contributed by atoms with Gasteiger partial charge in [-0.15, -0.1) is 23.5 Å². The lowest BCUT2D eigenvalue weighted by Gasteiger charge is -2.01. The molecule has 0 aliphatic rings. The molecule has 0 rings (SSSR count). The van der Waals surface area contributed by atoms with Gasteiger partial charge in [-0.05, 0) is 49.0 Å². The molecule has 6 heteroatoms. The van der Waals surface area contributed by atoms with Gasteiger partial charge in [-0.3, -0.25) is 9.59 Å². The third-order valence-electron chi connectivity index (χ3n) is 2.33. The fourth-order valence-electron chi connectivity index (χ4n) is 1.42. The van der Waals surface area contributed by atoms with Crippen LogP contribution < -0.4 is 10.6 Å². The second-order valence-electron chi connectivity index (χ2n) is 4.13. The van der Waals surface area contributed by atoms with E-state index in [0.29, 0.717) is 25.9 Å². The molecule has 0 unspecified atom stereocenters.